The molecule has 6 heteroatoms. The van der Waals surface area contributed by atoms with Gasteiger partial charge in [0.2, 0.25) is 0 Å². The quantitative estimate of drug-likeness (QED) is 0.269. The van der Waals surface area contributed by atoms with E-state index >= 15 is 0 Å². The Hall–Kier alpha value is -2.04. The first-order chi connectivity index (χ1) is 13.6. The number of benzene rings is 2. The van der Waals surface area contributed by atoms with Crippen LogP contribution in [0.1, 0.15) is 47.6 Å². The number of carbonyl (C=O) groups excluding carboxylic acids is 2. The fourth-order valence-corrected chi connectivity index (χ4v) is 2.95. The third kappa shape index (κ3) is 8.32. The van der Waals surface area contributed by atoms with E-state index in [9.17, 15) is 9.59 Å². The molecule has 0 saturated heterocycles. The van der Waals surface area contributed by atoms with Crippen LogP contribution in [-0.4, -0.2) is 25.2 Å². The van der Waals surface area contributed by atoms with Gasteiger partial charge in [-0.3, -0.25) is 9.59 Å². The fourth-order valence-electron chi connectivity index (χ4n) is 2.53. The largest absolute Gasteiger partial charge is 0.464 e. The third-order valence-electron chi connectivity index (χ3n) is 4.12. The molecule has 2 rings (SSSR count). The van der Waals surface area contributed by atoms with Crippen LogP contribution in [0.3, 0.4) is 0 Å². The number of hydrogen-bond donors (Lipinski definition) is 0. The average molecular weight is 423 g/mol. The summed E-state index contributed by atoms with van der Waals surface area (Å²) in [5.74, 6) is -0.639. The highest BCUT2D eigenvalue weighted by molar-refractivity contribution is 6.21. The first kappa shape index (κ1) is 22.3. The molecule has 0 saturated carbocycles. The zero-order chi connectivity index (χ0) is 20.2. The zero-order valence-corrected chi connectivity index (χ0v) is 17.1. The van der Waals surface area contributed by atoms with Crippen molar-refractivity contribution in [2.24, 2.45) is 0 Å². The van der Waals surface area contributed by atoms with Crippen LogP contribution in [0.25, 0.3) is 0 Å². The van der Waals surface area contributed by atoms with E-state index in [1.54, 1.807) is 0 Å². The molecule has 150 valence electrons. The number of rotatable bonds is 11. The van der Waals surface area contributed by atoms with Crippen molar-refractivity contribution in [1.29, 1.82) is 0 Å². The Balaban J connectivity index is 1.54. The molecule has 0 spiro atoms. The van der Waals surface area contributed by atoms with Gasteiger partial charge < -0.3 is 9.47 Å². The molecule has 2 aromatic carbocycles. The average Bonchev–Trinajstić information content (AvgIpc) is 2.74. The summed E-state index contributed by atoms with van der Waals surface area (Å²) in [4.78, 5) is 23.6. The smallest absolute Gasteiger partial charge is 0.305 e. The van der Waals surface area contributed by atoms with E-state index in [1.807, 2.05) is 60.7 Å². The topological polar surface area (TPSA) is 52.6 Å². The normalized spacial score (nSPS) is 12.8. The van der Waals surface area contributed by atoms with Gasteiger partial charge in [0.15, 0.2) is 0 Å². The van der Waals surface area contributed by atoms with Crippen LogP contribution in [0.5, 0.6) is 0 Å². The number of hydrogen-bond acceptors (Lipinski definition) is 4. The first-order valence-corrected chi connectivity index (χ1v) is 10.1. The van der Waals surface area contributed by atoms with Gasteiger partial charge in [0.05, 0.1) is 10.8 Å². The van der Waals surface area contributed by atoms with Crippen molar-refractivity contribution < 1.29 is 19.1 Å². The van der Waals surface area contributed by atoms with E-state index in [0.717, 1.165) is 11.1 Å². The molecular weight excluding hydrogens is 399 g/mol. The summed E-state index contributed by atoms with van der Waals surface area (Å²) in [5, 5.41) is -0.735. The molecule has 0 amide bonds. The molecule has 4 nitrogen and oxygen atoms in total. The van der Waals surface area contributed by atoms with E-state index in [-0.39, 0.29) is 48.7 Å². The van der Waals surface area contributed by atoms with Gasteiger partial charge in [-0.15, -0.1) is 23.2 Å². The lowest BCUT2D eigenvalue weighted by Crippen LogP contribution is -2.11. The zero-order valence-electron chi connectivity index (χ0n) is 15.6. The van der Waals surface area contributed by atoms with Gasteiger partial charge in [0.1, 0.15) is 13.2 Å². The fraction of sp³-hybridized carbons (Fsp3) is 0.364. The predicted molar refractivity (Wildman–Crippen MR) is 110 cm³/mol. The number of alkyl halides is 2. The Labute approximate surface area is 175 Å². The van der Waals surface area contributed by atoms with Gasteiger partial charge in [-0.05, 0) is 24.0 Å². The number of unbranched alkanes of at least 4 members (excludes halogenated alkanes) is 1. The standard InChI is InChI=1S/C22H24Cl2O4/c23-19(17-9-3-1-4-10-17)15-27-21(25)13-7-8-14-22(26)28-16-20(24)18-11-5-2-6-12-18/h1-6,9-12,19-20H,7-8,13-16H2. The maximum Gasteiger partial charge on any atom is 0.305 e. The molecular formula is C22H24Cl2O4. The van der Waals surface area contributed by atoms with Crippen molar-refractivity contribution in [1.82, 2.24) is 0 Å². The van der Waals surface area contributed by atoms with Crippen molar-refractivity contribution in [2.75, 3.05) is 13.2 Å². The minimum Gasteiger partial charge on any atom is -0.464 e. The molecule has 0 N–H and O–H groups in total. The molecule has 2 unspecified atom stereocenters. The van der Waals surface area contributed by atoms with Crippen LogP contribution in [0.4, 0.5) is 0 Å². The van der Waals surface area contributed by atoms with Gasteiger partial charge in [-0.25, -0.2) is 0 Å². The summed E-state index contributed by atoms with van der Waals surface area (Å²) in [6.45, 7) is 0.256. The maximum absolute atomic E-state index is 11.8. The molecule has 0 aliphatic carbocycles. The second kappa shape index (κ2) is 12.4. The van der Waals surface area contributed by atoms with Crippen LogP contribution >= 0.6 is 23.2 Å². The number of halogens is 2. The first-order valence-electron chi connectivity index (χ1n) is 9.25. The monoisotopic (exact) mass is 422 g/mol. The van der Waals surface area contributed by atoms with Crippen molar-refractivity contribution in [3.63, 3.8) is 0 Å². The lowest BCUT2D eigenvalue weighted by molar-refractivity contribution is -0.146. The second-order valence-electron chi connectivity index (χ2n) is 6.33. The Morgan fingerprint density at radius 2 is 1.04 bits per heavy atom. The van der Waals surface area contributed by atoms with E-state index in [4.69, 9.17) is 32.7 Å². The minimum atomic E-state index is -0.367. The third-order valence-corrected chi connectivity index (χ3v) is 4.87. The Kier molecular flexibility index (Phi) is 9.87. The highest BCUT2D eigenvalue weighted by atomic mass is 35.5. The summed E-state index contributed by atoms with van der Waals surface area (Å²) >= 11 is 12.4. The van der Waals surface area contributed by atoms with Gasteiger partial charge in [-0.2, -0.15) is 0 Å². The Bertz CT molecular complexity index is 658. The molecule has 2 atom stereocenters. The van der Waals surface area contributed by atoms with E-state index < -0.39 is 0 Å². The molecule has 0 bridgehead atoms. The Morgan fingerprint density at radius 3 is 1.39 bits per heavy atom. The van der Waals surface area contributed by atoms with E-state index in [1.165, 1.54) is 0 Å². The van der Waals surface area contributed by atoms with Gasteiger partial charge in [0, 0.05) is 12.8 Å². The maximum atomic E-state index is 11.8. The summed E-state index contributed by atoms with van der Waals surface area (Å²) in [7, 11) is 0. The highest BCUT2D eigenvalue weighted by Crippen LogP contribution is 2.21. The van der Waals surface area contributed by atoms with Gasteiger partial charge in [0.25, 0.3) is 0 Å². The summed E-state index contributed by atoms with van der Waals surface area (Å²) < 4.78 is 10.4. The molecule has 0 aliphatic heterocycles. The van der Waals surface area contributed by atoms with Crippen molar-refractivity contribution in [2.45, 2.75) is 36.4 Å². The second-order valence-corrected chi connectivity index (χ2v) is 7.38. The lowest BCUT2D eigenvalue weighted by Gasteiger charge is -2.11. The molecule has 0 aliphatic rings. The van der Waals surface area contributed by atoms with Crippen molar-refractivity contribution in [3.05, 3.63) is 71.8 Å². The molecule has 28 heavy (non-hydrogen) atoms. The Morgan fingerprint density at radius 1 is 0.679 bits per heavy atom. The van der Waals surface area contributed by atoms with Crippen LogP contribution < -0.4 is 0 Å². The molecule has 2 aromatic rings. The minimum absolute atomic E-state index is 0.128. The number of carbonyl (C=O) groups is 2. The highest BCUT2D eigenvalue weighted by Gasteiger charge is 2.13. The van der Waals surface area contributed by atoms with Crippen LogP contribution in [0.15, 0.2) is 60.7 Å². The number of esters is 2. The van der Waals surface area contributed by atoms with Crippen LogP contribution in [0.2, 0.25) is 0 Å². The molecule has 0 radical (unpaired) electrons. The molecule has 0 fully saturated rings. The van der Waals surface area contributed by atoms with E-state index in [2.05, 4.69) is 0 Å². The van der Waals surface area contributed by atoms with Crippen molar-refractivity contribution >= 4 is 35.1 Å². The van der Waals surface area contributed by atoms with E-state index in [0.29, 0.717) is 12.8 Å². The van der Waals surface area contributed by atoms with Gasteiger partial charge in [-0.1, -0.05) is 60.7 Å². The summed E-state index contributed by atoms with van der Waals surface area (Å²) in [6, 6.07) is 18.9. The van der Waals surface area contributed by atoms with Crippen molar-refractivity contribution in [3.8, 4) is 0 Å². The van der Waals surface area contributed by atoms with Gasteiger partial charge >= 0.3 is 11.9 Å². The predicted octanol–water partition coefficient (Wildman–Crippen LogP) is 5.59. The molecule has 0 heterocycles. The molecule has 0 aromatic heterocycles. The number of ether oxygens (including phenoxy) is 2. The summed E-state index contributed by atoms with van der Waals surface area (Å²) in [5.41, 5.74) is 1.82. The SMILES string of the molecule is O=C(CCCCC(=O)OCC(Cl)c1ccccc1)OCC(Cl)c1ccccc1. The lowest BCUT2D eigenvalue weighted by atomic mass is 10.1. The summed E-state index contributed by atoms with van der Waals surface area (Å²) in [6.07, 6.45) is 1.59. The van der Waals surface area contributed by atoms with Crippen LogP contribution in [0, 0.1) is 0 Å². The van der Waals surface area contributed by atoms with Crippen LogP contribution in [-0.2, 0) is 19.1 Å².